The van der Waals surface area contributed by atoms with Crippen LogP contribution in [0, 0.1) is 22.9 Å². The van der Waals surface area contributed by atoms with Crippen molar-refractivity contribution in [3.63, 3.8) is 0 Å². The predicted octanol–water partition coefficient (Wildman–Crippen LogP) is 11.3. The van der Waals surface area contributed by atoms with Gasteiger partial charge in [0.25, 0.3) is 0 Å². The molecule has 0 spiro atoms. The highest BCUT2D eigenvalue weighted by atomic mass is 28.3. The molecule has 2 atom stereocenters. The van der Waals surface area contributed by atoms with E-state index in [-0.39, 0.29) is 12.1 Å². The van der Waals surface area contributed by atoms with Crippen molar-refractivity contribution in [2.45, 2.75) is 65.2 Å². The van der Waals surface area contributed by atoms with Crippen molar-refractivity contribution < 1.29 is 0 Å². The Morgan fingerprint density at radius 1 is 0.531 bits per heavy atom. The minimum Gasteiger partial charge on any atom is -0.363 e. The lowest BCUT2D eigenvalue weighted by molar-refractivity contribution is 0.703. The molecule has 0 aliphatic rings. The summed E-state index contributed by atoms with van der Waals surface area (Å²) in [5, 5.41) is 3.88. The summed E-state index contributed by atoms with van der Waals surface area (Å²) in [6.07, 6.45) is 0. The van der Waals surface area contributed by atoms with Crippen LogP contribution in [0.5, 0.6) is 0 Å². The van der Waals surface area contributed by atoms with Crippen LogP contribution >= 0.6 is 0 Å². The third-order valence-corrected chi connectivity index (χ3v) is 9.86. The maximum Gasteiger partial charge on any atom is 0.130 e. The van der Waals surface area contributed by atoms with E-state index in [0.717, 1.165) is 44.8 Å². The molecule has 246 valence electrons. The van der Waals surface area contributed by atoms with E-state index < -0.39 is 16.1 Å². The zero-order valence-electron chi connectivity index (χ0n) is 30.2. The lowest BCUT2D eigenvalue weighted by Gasteiger charge is -2.24. The molecule has 0 radical (unpaired) electrons. The minimum atomic E-state index is -1.48. The van der Waals surface area contributed by atoms with Gasteiger partial charge in [0.15, 0.2) is 0 Å². The van der Waals surface area contributed by atoms with Gasteiger partial charge >= 0.3 is 0 Å². The molecular formula is C45H48N2Si2. The average Bonchev–Trinajstić information content (AvgIpc) is 3.10. The Kier molecular flexibility index (Phi) is 11.3. The molecular weight excluding hydrogens is 625 g/mol. The van der Waals surface area contributed by atoms with Crippen LogP contribution in [-0.4, -0.2) is 22.0 Å². The fourth-order valence-corrected chi connectivity index (χ4v) is 6.52. The number of benzene rings is 5. The second kappa shape index (κ2) is 15.6. The third-order valence-electron chi connectivity index (χ3n) is 8.11. The Morgan fingerprint density at radius 3 is 1.39 bits per heavy atom. The van der Waals surface area contributed by atoms with Gasteiger partial charge in [-0.15, -0.1) is 11.1 Å². The predicted molar refractivity (Wildman–Crippen MR) is 217 cm³/mol. The van der Waals surface area contributed by atoms with Crippen LogP contribution in [0.3, 0.4) is 0 Å². The molecule has 4 heteroatoms. The first-order valence-electron chi connectivity index (χ1n) is 17.2. The number of aliphatic imine (C=N–C) groups is 1. The first-order chi connectivity index (χ1) is 23.4. The van der Waals surface area contributed by atoms with Gasteiger partial charge in [0.2, 0.25) is 0 Å². The van der Waals surface area contributed by atoms with E-state index in [1.807, 2.05) is 0 Å². The number of hydrogen-bond donors (Lipinski definition) is 1. The molecule has 0 fully saturated rings. The van der Waals surface area contributed by atoms with Gasteiger partial charge in [0.05, 0.1) is 6.04 Å². The number of rotatable bonds is 7. The molecule has 0 aliphatic heterocycles. The van der Waals surface area contributed by atoms with Gasteiger partial charge in [-0.2, -0.15) is 0 Å². The van der Waals surface area contributed by atoms with Gasteiger partial charge in [-0.3, -0.25) is 4.99 Å². The first kappa shape index (κ1) is 35.4. The molecule has 5 aromatic carbocycles. The van der Waals surface area contributed by atoms with Crippen LogP contribution in [0.4, 0.5) is 0 Å². The topological polar surface area (TPSA) is 24.4 Å². The van der Waals surface area contributed by atoms with Gasteiger partial charge in [-0.1, -0.05) is 154 Å². The molecule has 2 nitrogen and oxygen atoms in total. The molecule has 0 saturated heterocycles. The van der Waals surface area contributed by atoms with E-state index in [4.69, 9.17) is 4.99 Å². The van der Waals surface area contributed by atoms with E-state index >= 15 is 0 Å². The monoisotopic (exact) mass is 672 g/mol. The van der Waals surface area contributed by atoms with Crippen molar-refractivity contribution in [3.8, 4) is 45.2 Å². The van der Waals surface area contributed by atoms with Gasteiger partial charge in [0, 0.05) is 22.7 Å². The Hall–Kier alpha value is -4.88. The average molecular weight is 673 g/mol. The number of nitrogens with zero attached hydrogens (tertiary/aromatic N) is 1. The molecule has 0 bridgehead atoms. The van der Waals surface area contributed by atoms with Crippen molar-refractivity contribution in [1.29, 1.82) is 0 Å². The van der Waals surface area contributed by atoms with E-state index in [1.54, 1.807) is 0 Å². The van der Waals surface area contributed by atoms with Crippen molar-refractivity contribution in [1.82, 2.24) is 5.32 Å². The van der Waals surface area contributed by atoms with Crippen LogP contribution < -0.4 is 5.32 Å². The minimum absolute atomic E-state index is 0.0299. The summed E-state index contributed by atoms with van der Waals surface area (Å²) in [7, 11) is -2.97. The van der Waals surface area contributed by atoms with Crippen molar-refractivity contribution in [2.24, 2.45) is 4.99 Å². The third kappa shape index (κ3) is 10.1. The van der Waals surface area contributed by atoms with E-state index in [1.165, 1.54) is 11.1 Å². The fraction of sp³-hybridized carbons (Fsp3) is 0.222. The molecule has 0 amide bonds. The standard InChI is InChI=1S/C45H48N2Si2/c1-34(38-16-11-9-12-17-38)46-45(47-35(2)39-18-13-10-14-19-39)44-42(40-26-22-36(23-27-40)30-32-48(3,4)5)20-15-21-43(44)41-28-24-37(25-29-41)31-33-49(6,7)8/h9-29,34-35H,1-8H3,(H,46,47)/t34-,35?/m1/s1. The molecule has 49 heavy (non-hydrogen) atoms. The highest BCUT2D eigenvalue weighted by Gasteiger charge is 2.21. The molecule has 1 N–H and O–H groups in total. The van der Waals surface area contributed by atoms with Crippen LogP contribution in [0.1, 0.15) is 53.7 Å². The highest BCUT2D eigenvalue weighted by Crippen LogP contribution is 2.35. The largest absolute Gasteiger partial charge is 0.363 e. The van der Waals surface area contributed by atoms with Crippen LogP contribution in [0.15, 0.2) is 132 Å². The lowest BCUT2D eigenvalue weighted by atomic mass is 9.90. The van der Waals surface area contributed by atoms with Crippen LogP contribution in [0.25, 0.3) is 22.3 Å². The second-order valence-corrected chi connectivity index (χ2v) is 24.2. The second-order valence-electron chi connectivity index (χ2n) is 14.7. The van der Waals surface area contributed by atoms with Crippen molar-refractivity contribution >= 4 is 22.0 Å². The summed E-state index contributed by atoms with van der Waals surface area (Å²) in [4.78, 5) is 5.47. The smallest absolute Gasteiger partial charge is 0.130 e. The lowest BCUT2D eigenvalue weighted by Crippen LogP contribution is -2.29. The SMILES string of the molecule is CC(NC(=N[C@H](C)c1ccccc1)c1c(-c2ccc(C#C[Si](C)(C)C)cc2)cccc1-c1ccc(C#C[Si](C)(C)C)cc1)c1ccccc1. The van der Waals surface area contributed by atoms with Gasteiger partial charge in [0.1, 0.15) is 22.0 Å². The van der Waals surface area contributed by atoms with E-state index in [2.05, 4.69) is 209 Å². The molecule has 0 heterocycles. The van der Waals surface area contributed by atoms with Gasteiger partial charge in [-0.05, 0) is 71.5 Å². The Morgan fingerprint density at radius 2 is 0.959 bits per heavy atom. The van der Waals surface area contributed by atoms with Crippen LogP contribution in [0.2, 0.25) is 39.3 Å². The molecule has 0 saturated carbocycles. The Labute approximate surface area is 296 Å². The molecule has 1 unspecified atom stereocenters. The first-order valence-corrected chi connectivity index (χ1v) is 24.2. The van der Waals surface area contributed by atoms with Crippen molar-refractivity contribution in [3.05, 3.63) is 155 Å². The van der Waals surface area contributed by atoms with Crippen molar-refractivity contribution in [2.75, 3.05) is 0 Å². The zero-order valence-corrected chi connectivity index (χ0v) is 32.2. The Bertz CT molecular complexity index is 1920. The Balaban J connectivity index is 1.70. The summed E-state index contributed by atoms with van der Waals surface area (Å²) >= 11 is 0. The quantitative estimate of drug-likeness (QED) is 0.0791. The van der Waals surface area contributed by atoms with Gasteiger partial charge < -0.3 is 5.32 Å². The summed E-state index contributed by atoms with van der Waals surface area (Å²) < 4.78 is 0. The summed E-state index contributed by atoms with van der Waals surface area (Å²) in [6, 6.07) is 45.1. The summed E-state index contributed by atoms with van der Waals surface area (Å²) in [6.45, 7) is 18.0. The number of nitrogens with one attached hydrogen (secondary N) is 1. The van der Waals surface area contributed by atoms with Crippen LogP contribution in [-0.2, 0) is 0 Å². The molecule has 5 rings (SSSR count). The van der Waals surface area contributed by atoms with E-state index in [0.29, 0.717) is 0 Å². The maximum absolute atomic E-state index is 5.47. The molecule has 0 aliphatic carbocycles. The van der Waals surface area contributed by atoms with E-state index in [9.17, 15) is 0 Å². The molecule has 5 aromatic rings. The zero-order chi connectivity index (χ0) is 35.0. The molecule has 0 aromatic heterocycles. The van der Waals surface area contributed by atoms with Gasteiger partial charge in [-0.25, -0.2) is 0 Å². The summed E-state index contributed by atoms with van der Waals surface area (Å²) in [5.74, 6) is 7.70. The summed E-state index contributed by atoms with van der Waals surface area (Å²) in [5.41, 5.74) is 17.1. The fourth-order valence-electron chi connectivity index (χ4n) is 5.48. The number of hydrogen-bond acceptors (Lipinski definition) is 1. The normalized spacial score (nSPS) is 12.9. The maximum atomic E-state index is 5.47. The highest BCUT2D eigenvalue weighted by molar-refractivity contribution is 6.84. The number of amidine groups is 1.